The van der Waals surface area contributed by atoms with Gasteiger partial charge in [-0.05, 0) is 32.8 Å². The summed E-state index contributed by atoms with van der Waals surface area (Å²) in [6, 6.07) is 5.39. The number of benzene rings is 1. The molecule has 0 spiro atoms. The fourth-order valence-electron chi connectivity index (χ4n) is 2.29. The van der Waals surface area contributed by atoms with Gasteiger partial charge in [0.15, 0.2) is 0 Å². The average molecular weight is 386 g/mol. The van der Waals surface area contributed by atoms with Crippen LogP contribution in [-0.4, -0.2) is 30.3 Å². The normalized spacial score (nSPS) is 13.6. The second kappa shape index (κ2) is 10.1. The van der Waals surface area contributed by atoms with Gasteiger partial charge in [-0.2, -0.15) is 8.78 Å². The first-order valence-electron chi connectivity index (χ1n) is 8.83. The highest BCUT2D eigenvalue weighted by Gasteiger charge is 2.28. The summed E-state index contributed by atoms with van der Waals surface area (Å²) < 4.78 is 34.6. The van der Waals surface area contributed by atoms with Gasteiger partial charge in [0.05, 0.1) is 0 Å². The summed E-state index contributed by atoms with van der Waals surface area (Å²) in [5.74, 6) is -0.583. The van der Waals surface area contributed by atoms with Crippen LogP contribution in [0.25, 0.3) is 0 Å². The Kier molecular flexibility index (Phi) is 8.46. The van der Waals surface area contributed by atoms with E-state index in [1.54, 1.807) is 39.0 Å². The first kappa shape index (κ1) is 22.7. The molecule has 2 atom stereocenters. The van der Waals surface area contributed by atoms with Gasteiger partial charge in [-0.15, -0.1) is 0 Å². The fraction of sp³-hybridized carbons (Fsp3) is 0.579. The van der Waals surface area contributed by atoms with Gasteiger partial charge in [-0.1, -0.05) is 38.5 Å². The van der Waals surface area contributed by atoms with E-state index >= 15 is 0 Å². The maximum atomic E-state index is 12.6. The van der Waals surface area contributed by atoms with Crippen LogP contribution in [0.15, 0.2) is 24.3 Å². The van der Waals surface area contributed by atoms with E-state index in [1.807, 2.05) is 13.8 Å². The zero-order valence-corrected chi connectivity index (χ0v) is 16.3. The number of nitrogens with one attached hydrogen (secondary N) is 2. The maximum absolute atomic E-state index is 12.6. The number of rotatable bonds is 8. The minimum Gasteiger partial charge on any atom is -0.444 e. The highest BCUT2D eigenvalue weighted by molar-refractivity contribution is 5.86. The predicted octanol–water partition coefficient (Wildman–Crippen LogP) is 3.84. The molecule has 27 heavy (non-hydrogen) atoms. The molecular weight excluding hydrogens is 358 g/mol. The zero-order chi connectivity index (χ0) is 20.6. The highest BCUT2D eigenvalue weighted by atomic mass is 19.3. The zero-order valence-electron chi connectivity index (χ0n) is 16.3. The van der Waals surface area contributed by atoms with E-state index < -0.39 is 30.3 Å². The van der Waals surface area contributed by atoms with Crippen molar-refractivity contribution in [2.45, 2.75) is 65.8 Å². The summed E-state index contributed by atoms with van der Waals surface area (Å²) in [6.45, 7) is 5.94. The quantitative estimate of drug-likeness (QED) is 0.712. The molecule has 0 saturated heterocycles. The number of carbonyl (C=O) groups excluding carboxylic acids is 2. The number of carbonyl (C=O) groups is 2. The van der Waals surface area contributed by atoms with Crippen molar-refractivity contribution in [3.8, 4) is 5.75 Å². The van der Waals surface area contributed by atoms with Crippen LogP contribution >= 0.6 is 0 Å². The number of alkyl carbamates (subject to hydrolysis) is 1. The van der Waals surface area contributed by atoms with Crippen molar-refractivity contribution in [3.63, 3.8) is 0 Å². The fourth-order valence-corrected chi connectivity index (χ4v) is 2.29. The van der Waals surface area contributed by atoms with Gasteiger partial charge in [0.2, 0.25) is 5.91 Å². The van der Waals surface area contributed by atoms with Gasteiger partial charge in [-0.25, -0.2) is 4.79 Å². The number of hydrogen-bond acceptors (Lipinski definition) is 4. The van der Waals surface area contributed by atoms with Gasteiger partial charge in [0.25, 0.3) is 0 Å². The smallest absolute Gasteiger partial charge is 0.408 e. The van der Waals surface area contributed by atoms with Crippen LogP contribution in [0.5, 0.6) is 5.75 Å². The molecule has 8 heteroatoms. The number of halogens is 2. The summed E-state index contributed by atoms with van der Waals surface area (Å²) >= 11 is 0. The standard InChI is InChI=1S/C19H28F2N2O4/c1-6-12(2)15(23-18(25)27-19(3,4)5)16(24)22-11-13-9-7-8-10-14(13)26-17(20)21/h7-10,12,15,17H,6,11H2,1-5H3,(H,22,24)(H,23,25). The minimum absolute atomic E-state index is 0.00649. The summed E-state index contributed by atoms with van der Waals surface area (Å²) in [4.78, 5) is 24.6. The number of para-hydroxylation sites is 1. The summed E-state index contributed by atoms with van der Waals surface area (Å²) in [5, 5.41) is 5.24. The lowest BCUT2D eigenvalue weighted by Crippen LogP contribution is -2.51. The number of alkyl halides is 2. The molecule has 2 N–H and O–H groups in total. The largest absolute Gasteiger partial charge is 0.444 e. The van der Waals surface area contributed by atoms with E-state index in [0.29, 0.717) is 12.0 Å². The molecule has 1 aromatic carbocycles. The Hall–Kier alpha value is -2.38. The van der Waals surface area contributed by atoms with E-state index in [0.717, 1.165) is 0 Å². The molecule has 0 radical (unpaired) electrons. The van der Waals surface area contributed by atoms with Crippen LogP contribution in [0.2, 0.25) is 0 Å². The summed E-state index contributed by atoms with van der Waals surface area (Å²) in [5.41, 5.74) is -0.280. The van der Waals surface area contributed by atoms with Crippen molar-refractivity contribution in [1.29, 1.82) is 0 Å². The van der Waals surface area contributed by atoms with Crippen LogP contribution in [0.3, 0.4) is 0 Å². The maximum Gasteiger partial charge on any atom is 0.408 e. The molecule has 0 aliphatic carbocycles. The lowest BCUT2D eigenvalue weighted by molar-refractivity contribution is -0.124. The van der Waals surface area contributed by atoms with Gasteiger partial charge in [0.1, 0.15) is 17.4 Å². The first-order valence-corrected chi connectivity index (χ1v) is 8.83. The Morgan fingerprint density at radius 2 is 1.81 bits per heavy atom. The molecule has 1 rings (SSSR count). The third kappa shape index (κ3) is 8.23. The van der Waals surface area contributed by atoms with Gasteiger partial charge >= 0.3 is 12.7 Å². The number of hydrogen-bond donors (Lipinski definition) is 2. The molecule has 2 unspecified atom stereocenters. The molecular formula is C19H28F2N2O4. The molecule has 0 saturated carbocycles. The van der Waals surface area contributed by atoms with E-state index in [1.165, 1.54) is 6.07 Å². The monoisotopic (exact) mass is 386 g/mol. The third-order valence-electron chi connectivity index (χ3n) is 3.81. The van der Waals surface area contributed by atoms with Crippen molar-refractivity contribution in [2.75, 3.05) is 0 Å². The van der Waals surface area contributed by atoms with Crippen molar-refractivity contribution < 1.29 is 27.8 Å². The Morgan fingerprint density at radius 1 is 1.19 bits per heavy atom. The Morgan fingerprint density at radius 3 is 2.37 bits per heavy atom. The molecule has 0 fully saturated rings. The van der Waals surface area contributed by atoms with Crippen LogP contribution in [0.1, 0.15) is 46.6 Å². The van der Waals surface area contributed by atoms with Crippen molar-refractivity contribution in [1.82, 2.24) is 10.6 Å². The number of ether oxygens (including phenoxy) is 2. The van der Waals surface area contributed by atoms with Crippen molar-refractivity contribution in [2.24, 2.45) is 5.92 Å². The van der Waals surface area contributed by atoms with E-state index in [4.69, 9.17) is 4.74 Å². The lowest BCUT2D eigenvalue weighted by Gasteiger charge is -2.26. The van der Waals surface area contributed by atoms with Crippen LogP contribution in [0.4, 0.5) is 13.6 Å². The summed E-state index contributed by atoms with van der Waals surface area (Å²) in [7, 11) is 0. The van der Waals surface area contributed by atoms with Crippen molar-refractivity contribution >= 4 is 12.0 Å². The Bertz CT molecular complexity index is 632. The molecule has 0 aliphatic rings. The number of amides is 2. The predicted molar refractivity (Wildman–Crippen MR) is 97.5 cm³/mol. The van der Waals surface area contributed by atoms with Crippen molar-refractivity contribution in [3.05, 3.63) is 29.8 Å². The molecule has 0 aliphatic heterocycles. The van der Waals surface area contributed by atoms with Crippen LogP contribution < -0.4 is 15.4 Å². The third-order valence-corrected chi connectivity index (χ3v) is 3.81. The van der Waals surface area contributed by atoms with Crippen LogP contribution in [0, 0.1) is 5.92 Å². The minimum atomic E-state index is -2.96. The molecule has 6 nitrogen and oxygen atoms in total. The average Bonchev–Trinajstić information content (AvgIpc) is 2.56. The van der Waals surface area contributed by atoms with E-state index in [9.17, 15) is 18.4 Å². The van der Waals surface area contributed by atoms with Gasteiger partial charge in [0, 0.05) is 12.1 Å². The molecule has 0 bridgehead atoms. The lowest BCUT2D eigenvalue weighted by atomic mass is 9.98. The molecule has 2 amide bonds. The Labute approximate surface area is 158 Å². The second-order valence-corrected chi connectivity index (χ2v) is 7.21. The van der Waals surface area contributed by atoms with Gasteiger partial charge < -0.3 is 20.1 Å². The molecule has 0 aromatic heterocycles. The van der Waals surface area contributed by atoms with Gasteiger partial charge in [-0.3, -0.25) is 4.79 Å². The highest BCUT2D eigenvalue weighted by Crippen LogP contribution is 2.20. The van der Waals surface area contributed by atoms with Crippen LogP contribution in [-0.2, 0) is 16.1 Å². The van der Waals surface area contributed by atoms with E-state index in [2.05, 4.69) is 15.4 Å². The second-order valence-electron chi connectivity index (χ2n) is 7.21. The first-order chi connectivity index (χ1) is 12.5. The summed E-state index contributed by atoms with van der Waals surface area (Å²) in [6.07, 6.45) is -0.0386. The topological polar surface area (TPSA) is 76.7 Å². The molecule has 152 valence electrons. The molecule has 0 heterocycles. The Balaban J connectivity index is 2.79. The van der Waals surface area contributed by atoms with E-state index in [-0.39, 0.29) is 18.2 Å². The molecule has 1 aromatic rings. The SMILES string of the molecule is CCC(C)C(NC(=O)OC(C)(C)C)C(=O)NCc1ccccc1OC(F)F.